The number of halogens is 1. The molecule has 0 aliphatic carbocycles. The van der Waals surface area contributed by atoms with Gasteiger partial charge in [0.05, 0.1) is 5.92 Å². The molecule has 1 amide bonds. The van der Waals surface area contributed by atoms with Gasteiger partial charge in [-0.05, 0) is 61.2 Å². The summed E-state index contributed by atoms with van der Waals surface area (Å²) in [5, 5.41) is 0.680. The highest BCUT2D eigenvalue weighted by Gasteiger charge is 2.32. The number of ether oxygens (including phenoxy) is 2. The number of carbonyl (C=O) groups is 1. The molecule has 28 heavy (non-hydrogen) atoms. The monoisotopic (exact) mass is 399 g/mol. The highest BCUT2D eigenvalue weighted by atomic mass is 35.5. The topological polar surface area (TPSA) is 38.8 Å². The quantitative estimate of drug-likeness (QED) is 0.758. The van der Waals surface area contributed by atoms with Crippen LogP contribution in [0.25, 0.3) is 0 Å². The Morgan fingerprint density at radius 2 is 1.93 bits per heavy atom. The Morgan fingerprint density at radius 3 is 2.71 bits per heavy atom. The first-order valence-electron chi connectivity index (χ1n) is 9.93. The molecule has 0 aromatic heterocycles. The Hall–Kier alpha value is -2.20. The third-order valence-corrected chi connectivity index (χ3v) is 5.90. The van der Waals surface area contributed by atoms with Crippen molar-refractivity contribution >= 4 is 17.5 Å². The Labute approximate surface area is 171 Å². The molecule has 1 fully saturated rings. The van der Waals surface area contributed by atoms with E-state index in [1.165, 1.54) is 5.56 Å². The highest BCUT2D eigenvalue weighted by molar-refractivity contribution is 6.30. The molecule has 1 saturated heterocycles. The van der Waals surface area contributed by atoms with Crippen LogP contribution in [0.3, 0.4) is 0 Å². The summed E-state index contributed by atoms with van der Waals surface area (Å²) in [5.41, 5.74) is 3.37. The number of carbonyl (C=O) groups excluding carboxylic acids is 1. The number of aryl methyl sites for hydroxylation is 2. The van der Waals surface area contributed by atoms with E-state index in [-0.39, 0.29) is 17.9 Å². The summed E-state index contributed by atoms with van der Waals surface area (Å²) in [7, 11) is 0. The first-order valence-corrected chi connectivity index (χ1v) is 10.3. The molecule has 0 N–H and O–H groups in total. The van der Waals surface area contributed by atoms with Crippen LogP contribution in [0.4, 0.5) is 0 Å². The molecule has 1 atom stereocenters. The molecule has 0 saturated carbocycles. The zero-order chi connectivity index (χ0) is 19.7. The molecule has 2 aliphatic heterocycles. The number of likely N-dealkylation sites (tertiary alicyclic amines) is 1. The van der Waals surface area contributed by atoms with Gasteiger partial charge in [0.1, 0.15) is 24.2 Å². The van der Waals surface area contributed by atoms with Crippen molar-refractivity contribution < 1.29 is 14.3 Å². The van der Waals surface area contributed by atoms with E-state index < -0.39 is 0 Å². The summed E-state index contributed by atoms with van der Waals surface area (Å²) in [5.74, 6) is 1.84. The van der Waals surface area contributed by atoms with Gasteiger partial charge in [0.15, 0.2) is 0 Å². The third kappa shape index (κ3) is 4.12. The van der Waals surface area contributed by atoms with E-state index >= 15 is 0 Å². The lowest BCUT2D eigenvalue weighted by molar-refractivity contribution is -0.138. The molecular formula is C23H26ClNO3. The van der Waals surface area contributed by atoms with Gasteiger partial charge in [-0.2, -0.15) is 0 Å². The second-order valence-electron chi connectivity index (χ2n) is 7.88. The molecule has 0 bridgehead atoms. The van der Waals surface area contributed by atoms with Crippen molar-refractivity contribution in [2.45, 2.75) is 39.2 Å². The fraction of sp³-hybridized carbons (Fsp3) is 0.435. The first-order chi connectivity index (χ1) is 13.5. The maximum Gasteiger partial charge on any atom is 0.229 e. The lowest BCUT2D eigenvalue weighted by Crippen LogP contribution is -2.46. The molecule has 2 aliphatic rings. The average molecular weight is 400 g/mol. The molecule has 148 valence electrons. The molecule has 1 unspecified atom stereocenters. The smallest absolute Gasteiger partial charge is 0.229 e. The van der Waals surface area contributed by atoms with Crippen LogP contribution < -0.4 is 9.47 Å². The first kappa shape index (κ1) is 19.1. The van der Waals surface area contributed by atoms with Gasteiger partial charge in [0, 0.05) is 31.0 Å². The zero-order valence-electron chi connectivity index (χ0n) is 16.4. The number of hydrogen-bond acceptors (Lipinski definition) is 3. The fourth-order valence-corrected chi connectivity index (χ4v) is 4.18. The van der Waals surface area contributed by atoms with E-state index in [4.69, 9.17) is 21.1 Å². The molecule has 2 aromatic carbocycles. The number of amides is 1. The third-order valence-electron chi connectivity index (χ3n) is 5.67. The molecule has 5 heteroatoms. The van der Waals surface area contributed by atoms with Crippen LogP contribution in [0.2, 0.25) is 5.02 Å². The summed E-state index contributed by atoms with van der Waals surface area (Å²) in [6, 6.07) is 11.9. The highest BCUT2D eigenvalue weighted by Crippen LogP contribution is 2.31. The van der Waals surface area contributed by atoms with E-state index in [1.807, 2.05) is 23.1 Å². The van der Waals surface area contributed by atoms with E-state index in [9.17, 15) is 4.79 Å². The van der Waals surface area contributed by atoms with Gasteiger partial charge in [-0.3, -0.25) is 4.79 Å². The number of hydrogen-bond donors (Lipinski definition) is 0. The van der Waals surface area contributed by atoms with Crippen LogP contribution in [0.15, 0.2) is 36.4 Å². The van der Waals surface area contributed by atoms with Crippen molar-refractivity contribution in [3.05, 3.63) is 58.1 Å². The van der Waals surface area contributed by atoms with Gasteiger partial charge in [-0.1, -0.05) is 23.7 Å². The SMILES string of the molecule is Cc1ccc(C)c(OC2CCN(C(=O)C3COc4ccc(Cl)cc4C3)CC2)c1. The predicted molar refractivity (Wildman–Crippen MR) is 110 cm³/mol. The number of nitrogens with zero attached hydrogens (tertiary/aromatic N) is 1. The molecule has 4 rings (SSSR count). The summed E-state index contributed by atoms with van der Waals surface area (Å²) in [4.78, 5) is 14.9. The van der Waals surface area contributed by atoms with Crippen molar-refractivity contribution in [2.24, 2.45) is 5.92 Å². The van der Waals surface area contributed by atoms with Crippen molar-refractivity contribution in [1.29, 1.82) is 0 Å². The van der Waals surface area contributed by atoms with Gasteiger partial charge >= 0.3 is 0 Å². The average Bonchev–Trinajstić information content (AvgIpc) is 2.70. The van der Waals surface area contributed by atoms with Crippen LogP contribution >= 0.6 is 11.6 Å². The standard InChI is InChI=1S/C23H26ClNO3/c1-15-3-4-16(2)22(11-15)28-20-7-9-25(10-8-20)23(26)18-12-17-13-19(24)5-6-21(17)27-14-18/h3-6,11,13,18,20H,7-10,12,14H2,1-2H3. The van der Waals surface area contributed by atoms with Crippen molar-refractivity contribution in [3.8, 4) is 11.5 Å². The van der Waals surface area contributed by atoms with Crippen LogP contribution in [0, 0.1) is 19.8 Å². The predicted octanol–water partition coefficient (Wildman–Crippen LogP) is 4.58. The summed E-state index contributed by atoms with van der Waals surface area (Å²) in [6.45, 7) is 6.04. The largest absolute Gasteiger partial charge is 0.492 e. The van der Waals surface area contributed by atoms with Crippen molar-refractivity contribution in [2.75, 3.05) is 19.7 Å². The molecule has 4 nitrogen and oxygen atoms in total. The van der Waals surface area contributed by atoms with Gasteiger partial charge in [0.2, 0.25) is 5.91 Å². The lowest BCUT2D eigenvalue weighted by atomic mass is 9.94. The van der Waals surface area contributed by atoms with Gasteiger partial charge in [-0.25, -0.2) is 0 Å². The van der Waals surface area contributed by atoms with E-state index in [2.05, 4.69) is 32.0 Å². The molecular weight excluding hydrogens is 374 g/mol. The fourth-order valence-electron chi connectivity index (χ4n) is 3.99. The maximum absolute atomic E-state index is 13.0. The number of fused-ring (bicyclic) bond motifs is 1. The maximum atomic E-state index is 13.0. The van der Waals surface area contributed by atoms with Crippen LogP contribution in [-0.4, -0.2) is 36.6 Å². The second kappa shape index (κ2) is 8.04. The van der Waals surface area contributed by atoms with Gasteiger partial charge in [0.25, 0.3) is 0 Å². The summed E-state index contributed by atoms with van der Waals surface area (Å²) >= 11 is 6.09. The minimum Gasteiger partial charge on any atom is -0.492 e. The molecule has 0 spiro atoms. The van der Waals surface area contributed by atoms with Gasteiger partial charge < -0.3 is 14.4 Å². The van der Waals surface area contributed by atoms with E-state index in [0.29, 0.717) is 18.1 Å². The Balaban J connectivity index is 1.33. The molecule has 0 radical (unpaired) electrons. The van der Waals surface area contributed by atoms with Crippen LogP contribution in [-0.2, 0) is 11.2 Å². The minimum absolute atomic E-state index is 0.137. The van der Waals surface area contributed by atoms with Crippen LogP contribution in [0.1, 0.15) is 29.5 Å². The number of piperidine rings is 1. The molecule has 2 aromatic rings. The Kier molecular flexibility index (Phi) is 5.49. The molecule has 2 heterocycles. The van der Waals surface area contributed by atoms with Crippen molar-refractivity contribution in [1.82, 2.24) is 4.90 Å². The zero-order valence-corrected chi connectivity index (χ0v) is 17.2. The lowest BCUT2D eigenvalue weighted by Gasteiger charge is -2.35. The van der Waals surface area contributed by atoms with Gasteiger partial charge in [-0.15, -0.1) is 0 Å². The van der Waals surface area contributed by atoms with E-state index in [1.54, 1.807) is 0 Å². The second-order valence-corrected chi connectivity index (χ2v) is 8.31. The summed E-state index contributed by atoms with van der Waals surface area (Å²) < 4.78 is 12.0. The van der Waals surface area contributed by atoms with Crippen LogP contribution in [0.5, 0.6) is 11.5 Å². The number of rotatable bonds is 3. The Morgan fingerprint density at radius 1 is 1.14 bits per heavy atom. The minimum atomic E-state index is -0.137. The normalized spacial score (nSPS) is 19.7. The van der Waals surface area contributed by atoms with Crippen molar-refractivity contribution in [3.63, 3.8) is 0 Å². The Bertz CT molecular complexity index is 874. The number of benzene rings is 2. The van der Waals surface area contributed by atoms with E-state index in [0.717, 1.165) is 48.6 Å². The summed E-state index contributed by atoms with van der Waals surface area (Å²) in [6.07, 6.45) is 2.56.